The minimum absolute atomic E-state index is 0.101. The fourth-order valence-electron chi connectivity index (χ4n) is 2.36. The van der Waals surface area contributed by atoms with Crippen LogP contribution in [0.2, 0.25) is 0 Å². The van der Waals surface area contributed by atoms with E-state index < -0.39 is 5.60 Å². The van der Waals surface area contributed by atoms with E-state index in [1.165, 1.54) is 0 Å². The molecule has 6 nitrogen and oxygen atoms in total. The van der Waals surface area contributed by atoms with Crippen LogP contribution in [0.4, 0.5) is 0 Å². The SMILES string of the molecule is CC(C)OCC(O)(COC(C)C)CN1CCNCCNCC1. The Hall–Kier alpha value is -0.240. The third-order valence-corrected chi connectivity index (χ3v) is 3.58. The summed E-state index contributed by atoms with van der Waals surface area (Å²) < 4.78 is 11.3. The fourth-order valence-corrected chi connectivity index (χ4v) is 2.36. The van der Waals surface area contributed by atoms with Crippen molar-refractivity contribution in [1.82, 2.24) is 15.5 Å². The highest BCUT2D eigenvalue weighted by Crippen LogP contribution is 2.12. The quantitative estimate of drug-likeness (QED) is 0.588. The molecule has 0 aliphatic carbocycles. The van der Waals surface area contributed by atoms with Gasteiger partial charge in [-0.15, -0.1) is 0 Å². The van der Waals surface area contributed by atoms with E-state index in [2.05, 4.69) is 15.5 Å². The van der Waals surface area contributed by atoms with Gasteiger partial charge >= 0.3 is 0 Å². The lowest BCUT2D eigenvalue weighted by atomic mass is 10.1. The van der Waals surface area contributed by atoms with Gasteiger partial charge in [0.15, 0.2) is 0 Å². The zero-order chi connectivity index (χ0) is 16.4. The topological polar surface area (TPSA) is 66.0 Å². The van der Waals surface area contributed by atoms with Gasteiger partial charge < -0.3 is 25.2 Å². The lowest BCUT2D eigenvalue weighted by Gasteiger charge is -2.35. The molecule has 6 heteroatoms. The van der Waals surface area contributed by atoms with E-state index in [4.69, 9.17) is 9.47 Å². The van der Waals surface area contributed by atoms with Crippen molar-refractivity contribution in [1.29, 1.82) is 0 Å². The van der Waals surface area contributed by atoms with Crippen LogP contribution < -0.4 is 10.6 Å². The second kappa shape index (κ2) is 10.5. The van der Waals surface area contributed by atoms with Crippen LogP contribution in [0.15, 0.2) is 0 Å². The highest BCUT2D eigenvalue weighted by molar-refractivity contribution is 4.84. The molecule has 0 saturated carbocycles. The molecular formula is C16H35N3O3. The molecule has 0 aromatic carbocycles. The molecule has 1 aliphatic heterocycles. The lowest BCUT2D eigenvalue weighted by molar-refractivity contribution is -0.127. The number of hydrogen-bond donors (Lipinski definition) is 3. The summed E-state index contributed by atoms with van der Waals surface area (Å²) in [5.74, 6) is 0. The summed E-state index contributed by atoms with van der Waals surface area (Å²) in [6.07, 6.45) is 0.203. The first kappa shape index (κ1) is 19.8. The standard InChI is InChI=1S/C16H35N3O3/c1-14(2)21-12-16(20,13-22-15(3)4)11-19-9-7-17-5-6-18-8-10-19/h14-15,17-18,20H,5-13H2,1-4H3. The number of nitrogens with zero attached hydrogens (tertiary/aromatic N) is 1. The Balaban J connectivity index is 2.58. The molecule has 0 amide bonds. The number of nitrogens with one attached hydrogen (secondary N) is 2. The van der Waals surface area contributed by atoms with Crippen LogP contribution in [0.1, 0.15) is 27.7 Å². The van der Waals surface area contributed by atoms with Crippen molar-refractivity contribution in [3.05, 3.63) is 0 Å². The highest BCUT2D eigenvalue weighted by Gasteiger charge is 2.31. The first-order valence-electron chi connectivity index (χ1n) is 8.51. The molecule has 1 rings (SSSR count). The highest BCUT2D eigenvalue weighted by atomic mass is 16.5. The van der Waals surface area contributed by atoms with Crippen molar-refractivity contribution in [2.24, 2.45) is 0 Å². The molecule has 3 N–H and O–H groups in total. The maximum Gasteiger partial charge on any atom is 0.124 e. The predicted octanol–water partition coefficient (Wildman–Crippen LogP) is 0.0623. The molecule has 1 heterocycles. The molecule has 1 fully saturated rings. The van der Waals surface area contributed by atoms with Crippen LogP contribution in [0.3, 0.4) is 0 Å². The summed E-state index contributed by atoms with van der Waals surface area (Å²) in [6.45, 7) is 14.8. The number of hydrogen-bond acceptors (Lipinski definition) is 6. The second-order valence-corrected chi connectivity index (χ2v) is 6.72. The Morgan fingerprint density at radius 3 is 1.77 bits per heavy atom. The van der Waals surface area contributed by atoms with E-state index in [1.54, 1.807) is 0 Å². The molecule has 22 heavy (non-hydrogen) atoms. The molecule has 0 unspecified atom stereocenters. The van der Waals surface area contributed by atoms with Gasteiger partial charge in [0, 0.05) is 45.8 Å². The third kappa shape index (κ3) is 9.02. The summed E-state index contributed by atoms with van der Waals surface area (Å²) in [7, 11) is 0. The normalized spacial score (nSPS) is 19.2. The number of aliphatic hydroxyl groups is 1. The lowest BCUT2D eigenvalue weighted by Crippen LogP contribution is -2.52. The van der Waals surface area contributed by atoms with Gasteiger partial charge in [0.2, 0.25) is 0 Å². The van der Waals surface area contributed by atoms with Crippen LogP contribution >= 0.6 is 0 Å². The Morgan fingerprint density at radius 2 is 1.36 bits per heavy atom. The summed E-state index contributed by atoms with van der Waals surface area (Å²) >= 11 is 0. The third-order valence-electron chi connectivity index (χ3n) is 3.58. The van der Waals surface area contributed by atoms with E-state index in [9.17, 15) is 5.11 Å². The van der Waals surface area contributed by atoms with Crippen molar-refractivity contribution >= 4 is 0 Å². The van der Waals surface area contributed by atoms with E-state index in [1.807, 2.05) is 27.7 Å². The minimum atomic E-state index is -0.970. The number of β-amino-alcohol motifs (C(OH)–C–C–N with tert-alkyl or cyclic N) is 1. The number of ether oxygens (including phenoxy) is 2. The molecular weight excluding hydrogens is 282 g/mol. The van der Waals surface area contributed by atoms with E-state index in [0.29, 0.717) is 19.8 Å². The van der Waals surface area contributed by atoms with Gasteiger partial charge in [0.25, 0.3) is 0 Å². The van der Waals surface area contributed by atoms with Crippen molar-refractivity contribution in [2.75, 3.05) is 59.0 Å². The first-order chi connectivity index (χ1) is 10.4. The van der Waals surface area contributed by atoms with Crippen LogP contribution in [0, 0.1) is 0 Å². The summed E-state index contributed by atoms with van der Waals surface area (Å²) in [5.41, 5.74) is -0.970. The van der Waals surface area contributed by atoms with Crippen molar-refractivity contribution in [3.8, 4) is 0 Å². The van der Waals surface area contributed by atoms with Crippen LogP contribution in [-0.2, 0) is 9.47 Å². The maximum atomic E-state index is 11.0. The minimum Gasteiger partial charge on any atom is -0.384 e. The Labute approximate surface area is 135 Å². The number of rotatable bonds is 8. The van der Waals surface area contributed by atoms with Crippen LogP contribution in [0.5, 0.6) is 0 Å². The summed E-state index contributed by atoms with van der Waals surface area (Å²) in [5, 5.41) is 17.8. The van der Waals surface area contributed by atoms with Gasteiger partial charge in [-0.2, -0.15) is 0 Å². The van der Waals surface area contributed by atoms with E-state index >= 15 is 0 Å². The maximum absolute atomic E-state index is 11.0. The van der Waals surface area contributed by atoms with Gasteiger partial charge in [0.05, 0.1) is 25.4 Å². The van der Waals surface area contributed by atoms with Crippen molar-refractivity contribution < 1.29 is 14.6 Å². The van der Waals surface area contributed by atoms with E-state index in [-0.39, 0.29) is 12.2 Å². The van der Waals surface area contributed by atoms with Gasteiger partial charge in [-0.3, -0.25) is 4.90 Å². The largest absolute Gasteiger partial charge is 0.384 e. The predicted molar refractivity (Wildman–Crippen MR) is 89.3 cm³/mol. The van der Waals surface area contributed by atoms with Crippen molar-refractivity contribution in [2.45, 2.75) is 45.5 Å². The van der Waals surface area contributed by atoms with Crippen molar-refractivity contribution in [3.63, 3.8) is 0 Å². The molecule has 132 valence electrons. The molecule has 0 aromatic rings. The summed E-state index contributed by atoms with van der Waals surface area (Å²) in [4.78, 5) is 2.28. The molecule has 0 aromatic heterocycles. The van der Waals surface area contributed by atoms with Gasteiger partial charge in [-0.25, -0.2) is 0 Å². The fraction of sp³-hybridized carbons (Fsp3) is 1.00. The molecule has 0 atom stereocenters. The van der Waals surface area contributed by atoms with Crippen LogP contribution in [-0.4, -0.2) is 86.8 Å². The van der Waals surface area contributed by atoms with Gasteiger partial charge in [0.1, 0.15) is 5.60 Å². The van der Waals surface area contributed by atoms with Gasteiger partial charge in [-0.05, 0) is 27.7 Å². The average Bonchev–Trinajstić information content (AvgIpc) is 2.57. The van der Waals surface area contributed by atoms with E-state index in [0.717, 1.165) is 39.3 Å². The monoisotopic (exact) mass is 317 g/mol. The first-order valence-corrected chi connectivity index (χ1v) is 8.51. The molecule has 0 bridgehead atoms. The Morgan fingerprint density at radius 1 is 0.909 bits per heavy atom. The van der Waals surface area contributed by atoms with Gasteiger partial charge in [-0.1, -0.05) is 0 Å². The summed E-state index contributed by atoms with van der Waals surface area (Å²) in [6, 6.07) is 0. The molecule has 0 radical (unpaired) electrons. The Bertz CT molecular complexity index is 266. The zero-order valence-corrected chi connectivity index (χ0v) is 14.7. The molecule has 1 aliphatic rings. The zero-order valence-electron chi connectivity index (χ0n) is 14.7. The van der Waals surface area contributed by atoms with Crippen LogP contribution in [0.25, 0.3) is 0 Å². The Kier molecular flexibility index (Phi) is 9.47. The second-order valence-electron chi connectivity index (χ2n) is 6.72. The smallest absolute Gasteiger partial charge is 0.124 e. The molecule has 0 spiro atoms. The molecule has 1 saturated heterocycles. The average molecular weight is 317 g/mol.